The van der Waals surface area contributed by atoms with E-state index in [9.17, 15) is 13.6 Å². The fraction of sp³-hybridized carbons (Fsp3) is 0.588. The van der Waals surface area contributed by atoms with Crippen LogP contribution in [0.1, 0.15) is 49.4 Å². The zero-order chi connectivity index (χ0) is 15.4. The third kappa shape index (κ3) is 4.10. The summed E-state index contributed by atoms with van der Waals surface area (Å²) in [7, 11) is 1.91. The number of benzene rings is 1. The Labute approximate surface area is 125 Å². The van der Waals surface area contributed by atoms with Gasteiger partial charge in [-0.05, 0) is 50.8 Å². The maximum absolute atomic E-state index is 13.6. The monoisotopic (exact) mass is 295 g/mol. The fourth-order valence-corrected chi connectivity index (χ4v) is 3.15. The molecule has 2 rings (SSSR count). The van der Waals surface area contributed by atoms with Crippen molar-refractivity contribution < 1.29 is 13.6 Å². The van der Waals surface area contributed by atoms with Crippen LogP contribution in [0.25, 0.3) is 0 Å². The largest absolute Gasteiger partial charge is 0.296 e. The van der Waals surface area contributed by atoms with Crippen LogP contribution in [-0.4, -0.2) is 30.3 Å². The maximum atomic E-state index is 13.6. The normalized spacial score (nSPS) is 22.5. The van der Waals surface area contributed by atoms with Gasteiger partial charge in [0.2, 0.25) is 0 Å². The Morgan fingerprint density at radius 2 is 1.90 bits per heavy atom. The van der Waals surface area contributed by atoms with Crippen LogP contribution in [0, 0.1) is 17.6 Å². The van der Waals surface area contributed by atoms with Crippen molar-refractivity contribution in [1.29, 1.82) is 0 Å². The molecule has 4 heteroatoms. The minimum absolute atomic E-state index is 0.0227. The molecule has 116 valence electrons. The van der Waals surface area contributed by atoms with Crippen LogP contribution in [0.3, 0.4) is 0 Å². The third-order valence-electron chi connectivity index (χ3n) is 4.64. The fourth-order valence-electron chi connectivity index (χ4n) is 3.15. The van der Waals surface area contributed by atoms with Crippen LogP contribution in [0.2, 0.25) is 0 Å². The molecule has 0 heterocycles. The molecule has 0 aromatic heterocycles. The van der Waals surface area contributed by atoms with Gasteiger partial charge in [-0.1, -0.05) is 13.3 Å². The zero-order valence-electron chi connectivity index (χ0n) is 12.7. The average molecular weight is 295 g/mol. The van der Waals surface area contributed by atoms with E-state index in [1.54, 1.807) is 0 Å². The van der Waals surface area contributed by atoms with Crippen molar-refractivity contribution in [2.75, 3.05) is 13.6 Å². The summed E-state index contributed by atoms with van der Waals surface area (Å²) in [6, 6.07) is 3.51. The summed E-state index contributed by atoms with van der Waals surface area (Å²) in [5, 5.41) is 0. The quantitative estimate of drug-likeness (QED) is 0.764. The molecule has 2 nitrogen and oxygen atoms in total. The van der Waals surface area contributed by atoms with E-state index >= 15 is 0 Å². The van der Waals surface area contributed by atoms with Gasteiger partial charge in [0.1, 0.15) is 11.6 Å². The second-order valence-electron chi connectivity index (χ2n) is 6.05. The molecule has 0 N–H and O–H groups in total. The number of Topliss-reactive ketones (excluding diaryl/α,β-unsaturated/α-hetero) is 1. The van der Waals surface area contributed by atoms with Crippen LogP contribution >= 0.6 is 0 Å². The first kappa shape index (κ1) is 16.1. The Bertz CT molecular complexity index is 496. The molecule has 0 spiro atoms. The van der Waals surface area contributed by atoms with Crippen molar-refractivity contribution >= 4 is 5.78 Å². The summed E-state index contributed by atoms with van der Waals surface area (Å²) in [5.41, 5.74) is -0.0227. The van der Waals surface area contributed by atoms with Crippen molar-refractivity contribution in [1.82, 2.24) is 4.90 Å². The molecule has 0 aliphatic heterocycles. The van der Waals surface area contributed by atoms with Gasteiger partial charge in [-0.25, -0.2) is 8.78 Å². The van der Waals surface area contributed by atoms with Crippen LogP contribution in [0.4, 0.5) is 8.78 Å². The summed E-state index contributed by atoms with van der Waals surface area (Å²) in [4.78, 5) is 14.2. The lowest BCUT2D eigenvalue weighted by atomic mass is 9.84. The van der Waals surface area contributed by atoms with E-state index in [0.717, 1.165) is 30.9 Å². The second kappa shape index (κ2) is 7.12. The number of carbonyl (C=O) groups excluding carboxylic acids is 1. The number of hydrogen-bond donors (Lipinski definition) is 0. The third-order valence-corrected chi connectivity index (χ3v) is 4.64. The molecule has 0 unspecified atom stereocenters. The van der Waals surface area contributed by atoms with Crippen LogP contribution in [0.5, 0.6) is 0 Å². The lowest BCUT2D eigenvalue weighted by Crippen LogP contribution is -2.38. The number of hydrogen-bond acceptors (Lipinski definition) is 2. The number of likely N-dealkylation sites (N-methyl/N-ethyl adjacent to an activating group) is 1. The minimum Gasteiger partial charge on any atom is -0.296 e. The highest BCUT2D eigenvalue weighted by molar-refractivity contribution is 5.97. The Morgan fingerprint density at radius 1 is 1.24 bits per heavy atom. The van der Waals surface area contributed by atoms with Gasteiger partial charge in [0, 0.05) is 12.1 Å². The smallest absolute Gasteiger partial charge is 0.179 e. The van der Waals surface area contributed by atoms with E-state index < -0.39 is 11.6 Å². The topological polar surface area (TPSA) is 20.3 Å². The van der Waals surface area contributed by atoms with E-state index in [1.807, 2.05) is 11.9 Å². The first-order chi connectivity index (χ1) is 10.0. The van der Waals surface area contributed by atoms with Crippen molar-refractivity contribution in [2.24, 2.45) is 5.92 Å². The second-order valence-corrected chi connectivity index (χ2v) is 6.05. The Morgan fingerprint density at radius 3 is 2.48 bits per heavy atom. The first-order valence-corrected chi connectivity index (χ1v) is 7.69. The molecule has 21 heavy (non-hydrogen) atoms. The number of carbonyl (C=O) groups is 1. The van der Waals surface area contributed by atoms with Gasteiger partial charge < -0.3 is 0 Å². The van der Waals surface area contributed by atoms with E-state index in [0.29, 0.717) is 6.04 Å². The molecular formula is C17H23F2NO. The molecule has 0 atom stereocenters. The zero-order valence-corrected chi connectivity index (χ0v) is 12.7. The number of halogens is 2. The van der Waals surface area contributed by atoms with Crippen molar-refractivity contribution in [3.05, 3.63) is 35.4 Å². The predicted octanol–water partition coefficient (Wildman–Crippen LogP) is 4.05. The maximum Gasteiger partial charge on any atom is 0.179 e. The molecule has 0 bridgehead atoms. The molecular weight excluding hydrogens is 272 g/mol. The SMILES string of the molecule is CCC1CCC(N(C)CC(=O)c2ccc(F)cc2F)CC1. The molecule has 1 fully saturated rings. The summed E-state index contributed by atoms with van der Waals surface area (Å²) < 4.78 is 26.5. The Kier molecular flexibility index (Phi) is 5.45. The number of ketones is 1. The van der Waals surface area contributed by atoms with Crippen molar-refractivity contribution in [3.63, 3.8) is 0 Å². The van der Waals surface area contributed by atoms with Gasteiger partial charge in [0.05, 0.1) is 12.1 Å². The first-order valence-electron chi connectivity index (χ1n) is 7.69. The summed E-state index contributed by atoms with van der Waals surface area (Å²) >= 11 is 0. The van der Waals surface area contributed by atoms with Gasteiger partial charge in [-0.15, -0.1) is 0 Å². The molecule has 1 aliphatic rings. The van der Waals surface area contributed by atoms with Gasteiger partial charge in [0.15, 0.2) is 5.78 Å². The van der Waals surface area contributed by atoms with Gasteiger partial charge in [-0.3, -0.25) is 9.69 Å². The summed E-state index contributed by atoms with van der Waals surface area (Å²) in [6.07, 6.45) is 5.80. The van der Waals surface area contributed by atoms with Crippen LogP contribution < -0.4 is 0 Å². The van der Waals surface area contributed by atoms with E-state index in [1.165, 1.54) is 25.3 Å². The highest BCUT2D eigenvalue weighted by Gasteiger charge is 2.25. The van der Waals surface area contributed by atoms with Crippen LogP contribution in [-0.2, 0) is 0 Å². The van der Waals surface area contributed by atoms with Gasteiger partial charge >= 0.3 is 0 Å². The highest BCUT2D eigenvalue weighted by atomic mass is 19.1. The average Bonchev–Trinajstić information content (AvgIpc) is 2.47. The highest BCUT2D eigenvalue weighted by Crippen LogP contribution is 2.29. The number of nitrogens with zero attached hydrogens (tertiary/aromatic N) is 1. The summed E-state index contributed by atoms with van der Waals surface area (Å²) in [5.74, 6) is -0.911. The molecule has 1 saturated carbocycles. The van der Waals surface area contributed by atoms with Crippen LogP contribution in [0.15, 0.2) is 18.2 Å². The van der Waals surface area contributed by atoms with E-state index in [-0.39, 0.29) is 17.9 Å². The molecule has 1 aromatic rings. The molecule has 0 amide bonds. The van der Waals surface area contributed by atoms with E-state index in [4.69, 9.17) is 0 Å². The Hall–Kier alpha value is -1.29. The molecule has 0 saturated heterocycles. The molecule has 1 aliphatic carbocycles. The lowest BCUT2D eigenvalue weighted by Gasteiger charge is -2.34. The summed E-state index contributed by atoms with van der Waals surface area (Å²) in [6.45, 7) is 2.40. The van der Waals surface area contributed by atoms with Gasteiger partial charge in [-0.2, -0.15) is 0 Å². The standard InChI is InChI=1S/C17H23F2NO/c1-3-12-4-7-14(8-5-12)20(2)11-17(21)15-9-6-13(18)10-16(15)19/h6,9-10,12,14H,3-5,7-8,11H2,1-2H3. The lowest BCUT2D eigenvalue weighted by molar-refractivity contribution is 0.0881. The predicted molar refractivity (Wildman–Crippen MR) is 79.4 cm³/mol. The van der Waals surface area contributed by atoms with E-state index in [2.05, 4.69) is 6.92 Å². The van der Waals surface area contributed by atoms with Crippen molar-refractivity contribution in [2.45, 2.75) is 45.1 Å². The molecule has 1 aromatic carbocycles. The minimum atomic E-state index is -0.775. The van der Waals surface area contributed by atoms with Crippen molar-refractivity contribution in [3.8, 4) is 0 Å². The van der Waals surface area contributed by atoms with Gasteiger partial charge in [0.25, 0.3) is 0 Å². The number of rotatable bonds is 5. The Balaban J connectivity index is 1.93. The molecule has 0 radical (unpaired) electrons.